The number of anilines is 1. The van der Waals surface area contributed by atoms with Crippen molar-refractivity contribution in [1.29, 1.82) is 0 Å². The summed E-state index contributed by atoms with van der Waals surface area (Å²) < 4.78 is 83.2. The fourth-order valence-corrected chi connectivity index (χ4v) is 4.06. The molecule has 1 atom stereocenters. The third-order valence-corrected chi connectivity index (χ3v) is 5.87. The van der Waals surface area contributed by atoms with Gasteiger partial charge in [-0.1, -0.05) is 29.3 Å². The highest BCUT2D eigenvalue weighted by atomic mass is 35.5. The summed E-state index contributed by atoms with van der Waals surface area (Å²) in [5.74, 6) is -0.798. The van der Waals surface area contributed by atoms with Crippen molar-refractivity contribution in [2.24, 2.45) is 10.5 Å². The van der Waals surface area contributed by atoms with Gasteiger partial charge in [0.25, 0.3) is 0 Å². The number of hydrogen-bond donors (Lipinski definition) is 1. The van der Waals surface area contributed by atoms with Gasteiger partial charge in [0.15, 0.2) is 0 Å². The molecule has 0 saturated carbocycles. The van der Waals surface area contributed by atoms with Crippen LogP contribution < -0.4 is 5.32 Å². The van der Waals surface area contributed by atoms with E-state index in [1.54, 1.807) is 6.92 Å². The summed E-state index contributed by atoms with van der Waals surface area (Å²) in [4.78, 5) is 25.6. The lowest BCUT2D eigenvalue weighted by molar-refractivity contribution is -0.150. The third kappa shape index (κ3) is 5.54. The number of nitrogens with one attached hydrogen (secondary N) is 1. The van der Waals surface area contributed by atoms with Gasteiger partial charge in [0.05, 0.1) is 40.0 Å². The molecule has 0 aliphatic carbocycles. The number of halogens is 8. The molecule has 1 aliphatic heterocycles. The minimum atomic E-state index is -4.72. The Labute approximate surface area is 210 Å². The summed E-state index contributed by atoms with van der Waals surface area (Å²) in [5, 5.41) is 5.95. The van der Waals surface area contributed by atoms with E-state index in [1.165, 1.54) is 6.92 Å². The average molecular weight is 556 g/mol. The zero-order valence-corrected chi connectivity index (χ0v) is 20.0. The Kier molecular flexibility index (Phi) is 7.52. The number of amides is 2. The van der Waals surface area contributed by atoms with E-state index in [-0.39, 0.29) is 30.1 Å². The number of hydrazone groups is 1. The number of benzene rings is 2. The predicted octanol–water partition coefficient (Wildman–Crippen LogP) is 6.85. The SMILES string of the molecule is CCOC(=O)C1(C)CN(C(=O)Nc2ccc(C(F)(F)F)c(Cl)c2)N=C1c1ccc(C(F)(F)F)c(Cl)c1. The highest BCUT2D eigenvalue weighted by molar-refractivity contribution is 6.32. The Morgan fingerprint density at radius 1 is 1.03 bits per heavy atom. The van der Waals surface area contributed by atoms with Crippen LogP contribution in [0.25, 0.3) is 0 Å². The molecule has 0 radical (unpaired) electrons. The Morgan fingerprint density at radius 3 is 2.08 bits per heavy atom. The summed E-state index contributed by atoms with van der Waals surface area (Å²) in [7, 11) is 0. The van der Waals surface area contributed by atoms with E-state index in [9.17, 15) is 35.9 Å². The molecular formula is C22H17Cl2F6N3O3. The zero-order chi connectivity index (χ0) is 27.1. The van der Waals surface area contributed by atoms with Crippen molar-refractivity contribution in [3.63, 3.8) is 0 Å². The molecule has 1 heterocycles. The fourth-order valence-electron chi connectivity index (χ4n) is 3.49. The van der Waals surface area contributed by atoms with Gasteiger partial charge in [-0.2, -0.15) is 31.4 Å². The Morgan fingerprint density at radius 2 is 1.58 bits per heavy atom. The molecule has 36 heavy (non-hydrogen) atoms. The molecule has 2 aromatic rings. The van der Waals surface area contributed by atoms with Gasteiger partial charge in [0, 0.05) is 11.3 Å². The summed E-state index contributed by atoms with van der Waals surface area (Å²) in [6.45, 7) is 2.53. The van der Waals surface area contributed by atoms with Crippen LogP contribution in [0.5, 0.6) is 0 Å². The molecule has 3 rings (SSSR count). The number of rotatable bonds is 4. The summed E-state index contributed by atoms with van der Waals surface area (Å²) in [6.07, 6.45) is -9.41. The van der Waals surface area contributed by atoms with Gasteiger partial charge >= 0.3 is 24.4 Å². The van der Waals surface area contributed by atoms with E-state index in [0.29, 0.717) is 6.07 Å². The molecule has 1 aliphatic rings. The molecule has 1 N–H and O–H groups in total. The third-order valence-electron chi connectivity index (χ3n) is 5.24. The molecule has 194 valence electrons. The van der Waals surface area contributed by atoms with Gasteiger partial charge in [-0.3, -0.25) is 4.79 Å². The molecule has 6 nitrogen and oxygen atoms in total. The standard InChI is InChI=1S/C22H17Cl2F6N3O3/c1-3-36-18(34)20(2)10-33(19(35)31-12-5-7-14(16(24)9-12)22(28,29)30)32-17(20)11-4-6-13(15(23)8-11)21(25,26)27/h4-9H,3,10H2,1-2H3,(H,31,35). The lowest BCUT2D eigenvalue weighted by atomic mass is 9.82. The first-order chi connectivity index (χ1) is 16.6. The molecular weight excluding hydrogens is 539 g/mol. The van der Waals surface area contributed by atoms with Gasteiger partial charge in [0.1, 0.15) is 5.41 Å². The molecule has 0 spiro atoms. The highest BCUT2D eigenvalue weighted by Gasteiger charge is 2.49. The minimum Gasteiger partial charge on any atom is -0.465 e. The Bertz CT molecular complexity index is 1230. The number of carbonyl (C=O) groups excluding carboxylic acids is 2. The molecule has 0 saturated heterocycles. The first-order valence-corrected chi connectivity index (χ1v) is 10.9. The normalized spacial score (nSPS) is 18.2. The topological polar surface area (TPSA) is 71.0 Å². The van der Waals surface area contributed by atoms with Gasteiger partial charge in [0.2, 0.25) is 0 Å². The second kappa shape index (κ2) is 9.81. The van der Waals surface area contributed by atoms with Crippen molar-refractivity contribution in [3.05, 3.63) is 63.1 Å². The Hall–Kier alpha value is -2.99. The molecule has 0 fully saturated rings. The van der Waals surface area contributed by atoms with Crippen LogP contribution in [-0.4, -0.2) is 35.9 Å². The number of urea groups is 1. The smallest absolute Gasteiger partial charge is 0.417 e. The lowest BCUT2D eigenvalue weighted by Crippen LogP contribution is -2.42. The zero-order valence-electron chi connectivity index (χ0n) is 18.5. The average Bonchev–Trinajstić information content (AvgIpc) is 3.11. The number of ether oxygens (including phenoxy) is 1. The predicted molar refractivity (Wildman–Crippen MR) is 120 cm³/mol. The monoisotopic (exact) mass is 555 g/mol. The van der Waals surface area contributed by atoms with Crippen LogP contribution in [-0.2, 0) is 21.9 Å². The van der Waals surface area contributed by atoms with Crippen molar-refractivity contribution in [3.8, 4) is 0 Å². The summed E-state index contributed by atoms with van der Waals surface area (Å²) >= 11 is 11.5. The second-order valence-electron chi connectivity index (χ2n) is 7.87. The second-order valence-corrected chi connectivity index (χ2v) is 8.69. The van der Waals surface area contributed by atoms with E-state index < -0.39 is 50.9 Å². The van der Waals surface area contributed by atoms with Gasteiger partial charge in [-0.15, -0.1) is 0 Å². The fraction of sp³-hybridized carbons (Fsp3) is 0.318. The van der Waals surface area contributed by atoms with Crippen LogP contribution in [0.4, 0.5) is 36.8 Å². The summed E-state index contributed by atoms with van der Waals surface area (Å²) in [6, 6.07) is 4.37. The van der Waals surface area contributed by atoms with Gasteiger partial charge in [-0.05, 0) is 44.2 Å². The molecule has 0 aromatic heterocycles. The lowest BCUT2D eigenvalue weighted by Gasteiger charge is -2.24. The molecule has 0 bridgehead atoms. The van der Waals surface area contributed by atoms with E-state index >= 15 is 0 Å². The van der Waals surface area contributed by atoms with Crippen LogP contribution in [0.3, 0.4) is 0 Å². The van der Waals surface area contributed by atoms with Crippen molar-refractivity contribution >= 4 is 46.6 Å². The van der Waals surface area contributed by atoms with Crippen LogP contribution in [0.1, 0.15) is 30.5 Å². The van der Waals surface area contributed by atoms with Crippen LogP contribution in [0.2, 0.25) is 10.0 Å². The number of esters is 1. The van der Waals surface area contributed by atoms with Gasteiger partial charge < -0.3 is 10.1 Å². The van der Waals surface area contributed by atoms with E-state index in [2.05, 4.69) is 10.4 Å². The van der Waals surface area contributed by atoms with Crippen LogP contribution in [0, 0.1) is 5.41 Å². The quantitative estimate of drug-likeness (QED) is 0.331. The Balaban J connectivity index is 1.95. The maximum absolute atomic E-state index is 13.1. The van der Waals surface area contributed by atoms with E-state index in [1.807, 2.05) is 0 Å². The van der Waals surface area contributed by atoms with E-state index in [0.717, 1.165) is 35.3 Å². The number of carbonyl (C=O) groups is 2. The highest BCUT2D eigenvalue weighted by Crippen LogP contribution is 2.39. The van der Waals surface area contributed by atoms with Crippen LogP contribution >= 0.6 is 23.2 Å². The molecule has 2 aromatic carbocycles. The van der Waals surface area contributed by atoms with Crippen molar-refractivity contribution in [1.82, 2.24) is 5.01 Å². The summed E-state index contributed by atoms with van der Waals surface area (Å²) in [5.41, 5.74) is -3.92. The first-order valence-electron chi connectivity index (χ1n) is 10.2. The minimum absolute atomic E-state index is 0.0221. The maximum atomic E-state index is 13.1. The molecule has 14 heteroatoms. The molecule has 2 amide bonds. The number of hydrogen-bond acceptors (Lipinski definition) is 4. The number of nitrogens with zero attached hydrogens (tertiary/aromatic N) is 2. The molecule has 1 unspecified atom stereocenters. The van der Waals surface area contributed by atoms with E-state index in [4.69, 9.17) is 27.9 Å². The van der Waals surface area contributed by atoms with Crippen molar-refractivity contribution in [2.75, 3.05) is 18.5 Å². The maximum Gasteiger partial charge on any atom is 0.417 e. The van der Waals surface area contributed by atoms with Crippen LogP contribution in [0.15, 0.2) is 41.5 Å². The van der Waals surface area contributed by atoms with Crippen molar-refractivity contribution < 1.29 is 40.7 Å². The first kappa shape index (κ1) is 27.6. The number of alkyl halides is 6. The van der Waals surface area contributed by atoms with Crippen molar-refractivity contribution in [2.45, 2.75) is 26.2 Å². The van der Waals surface area contributed by atoms with Gasteiger partial charge in [-0.25, -0.2) is 9.80 Å². The largest absolute Gasteiger partial charge is 0.465 e.